The van der Waals surface area contributed by atoms with Gasteiger partial charge in [-0.3, -0.25) is 9.00 Å². The molecule has 136 valence electrons. The van der Waals surface area contributed by atoms with Gasteiger partial charge >= 0.3 is 0 Å². The molecule has 0 spiro atoms. The molecule has 2 aromatic rings. The summed E-state index contributed by atoms with van der Waals surface area (Å²) in [6.45, 7) is 0.334. The van der Waals surface area contributed by atoms with Crippen molar-refractivity contribution in [3.8, 4) is 17.2 Å². The Hall–Kier alpha value is -2.67. The van der Waals surface area contributed by atoms with Gasteiger partial charge in [0.05, 0.1) is 41.2 Å². The predicted molar refractivity (Wildman–Crippen MR) is 96.1 cm³/mol. The Balaban J connectivity index is 1.90. The van der Waals surface area contributed by atoms with Gasteiger partial charge in [0.1, 0.15) is 18.1 Å². The fourth-order valence-corrected chi connectivity index (χ4v) is 3.61. The Kier molecular flexibility index (Phi) is 5.37. The zero-order valence-electron chi connectivity index (χ0n) is 14.3. The van der Waals surface area contributed by atoms with Crippen LogP contribution in [0.2, 0.25) is 0 Å². The number of ketones is 1. The minimum absolute atomic E-state index is 0.134. The lowest BCUT2D eigenvalue weighted by molar-refractivity contribution is 0.104. The van der Waals surface area contributed by atoms with Crippen LogP contribution in [0.4, 0.5) is 4.39 Å². The first kappa shape index (κ1) is 18.1. The largest absolute Gasteiger partial charge is 0.496 e. The minimum Gasteiger partial charge on any atom is -0.496 e. The molecule has 26 heavy (non-hydrogen) atoms. The molecule has 1 heterocycles. The summed E-state index contributed by atoms with van der Waals surface area (Å²) < 4.78 is 41.4. The number of rotatable bonds is 5. The molecule has 0 bridgehead atoms. The highest BCUT2D eigenvalue weighted by Gasteiger charge is 2.22. The van der Waals surface area contributed by atoms with Crippen molar-refractivity contribution in [2.45, 2.75) is 4.90 Å². The number of fused-ring (bicyclic) bond motifs is 1. The first-order valence-corrected chi connectivity index (χ1v) is 9.14. The van der Waals surface area contributed by atoms with Gasteiger partial charge in [0.25, 0.3) is 0 Å². The Morgan fingerprint density at radius 2 is 1.96 bits per heavy atom. The summed E-state index contributed by atoms with van der Waals surface area (Å²) in [5.74, 6) is 0.438. The summed E-state index contributed by atoms with van der Waals surface area (Å²) in [6.07, 6.45) is 2.83. The lowest BCUT2D eigenvalue weighted by Gasteiger charge is -2.18. The summed E-state index contributed by atoms with van der Waals surface area (Å²) >= 11 is 0. The van der Waals surface area contributed by atoms with Crippen LogP contribution in [0, 0.1) is 5.82 Å². The Morgan fingerprint density at radius 3 is 2.65 bits per heavy atom. The van der Waals surface area contributed by atoms with Gasteiger partial charge in [-0.1, -0.05) is 12.1 Å². The van der Waals surface area contributed by atoms with E-state index in [-0.39, 0.29) is 17.1 Å². The fraction of sp³-hybridized carbons (Fsp3) is 0.211. The van der Waals surface area contributed by atoms with E-state index in [0.29, 0.717) is 34.3 Å². The molecule has 0 N–H and O–H groups in total. The van der Waals surface area contributed by atoms with Crippen molar-refractivity contribution in [3.05, 3.63) is 53.4 Å². The van der Waals surface area contributed by atoms with E-state index in [4.69, 9.17) is 14.2 Å². The lowest BCUT2D eigenvalue weighted by atomic mass is 10.1. The molecule has 0 amide bonds. The molecule has 5 nitrogen and oxygen atoms in total. The van der Waals surface area contributed by atoms with E-state index in [0.717, 1.165) is 0 Å². The number of hydrogen-bond acceptors (Lipinski definition) is 5. The van der Waals surface area contributed by atoms with Crippen LogP contribution in [0.25, 0.3) is 6.08 Å². The van der Waals surface area contributed by atoms with Crippen molar-refractivity contribution < 1.29 is 27.6 Å². The van der Waals surface area contributed by atoms with Gasteiger partial charge in [-0.15, -0.1) is 0 Å². The number of hydrogen-bond donors (Lipinski definition) is 0. The summed E-state index contributed by atoms with van der Waals surface area (Å²) in [5.41, 5.74) is 0.807. The topological polar surface area (TPSA) is 61.8 Å². The van der Waals surface area contributed by atoms with Gasteiger partial charge in [-0.25, -0.2) is 4.39 Å². The molecule has 0 saturated heterocycles. The quantitative estimate of drug-likeness (QED) is 0.592. The van der Waals surface area contributed by atoms with Crippen LogP contribution < -0.4 is 14.2 Å². The summed E-state index contributed by atoms with van der Waals surface area (Å²) in [4.78, 5) is 13.1. The SMILES string of the molecule is COc1ccc(C=CC(=O)c2cc3c(cc2OC)S(=O)CCO3)cc1F. The predicted octanol–water partition coefficient (Wildman–Crippen LogP) is 3.24. The monoisotopic (exact) mass is 376 g/mol. The number of carbonyl (C=O) groups excluding carboxylic acids is 1. The molecule has 0 fully saturated rings. The second kappa shape index (κ2) is 7.70. The van der Waals surface area contributed by atoms with Crippen molar-refractivity contribution in [1.82, 2.24) is 0 Å². The number of carbonyl (C=O) groups is 1. The maximum absolute atomic E-state index is 13.7. The van der Waals surface area contributed by atoms with Crippen molar-refractivity contribution in [2.24, 2.45) is 0 Å². The van der Waals surface area contributed by atoms with E-state index in [9.17, 15) is 13.4 Å². The summed E-state index contributed by atoms with van der Waals surface area (Å²) in [6, 6.07) is 7.51. The average molecular weight is 376 g/mol. The van der Waals surface area contributed by atoms with E-state index in [1.54, 1.807) is 12.1 Å². The smallest absolute Gasteiger partial charge is 0.189 e. The zero-order valence-corrected chi connectivity index (χ0v) is 15.1. The highest BCUT2D eigenvalue weighted by Crippen LogP contribution is 2.34. The van der Waals surface area contributed by atoms with Crippen molar-refractivity contribution >= 4 is 22.7 Å². The summed E-state index contributed by atoms with van der Waals surface area (Å²) in [7, 11) is 1.65. The number of allylic oxidation sites excluding steroid dienone is 1. The highest BCUT2D eigenvalue weighted by molar-refractivity contribution is 7.85. The second-order valence-electron chi connectivity index (χ2n) is 5.49. The third-order valence-corrected chi connectivity index (χ3v) is 5.25. The van der Waals surface area contributed by atoms with Gasteiger partial charge in [0, 0.05) is 6.07 Å². The van der Waals surface area contributed by atoms with E-state index >= 15 is 0 Å². The standard InChI is InChI=1S/C19H17FO5S/c1-23-16-6-4-12(9-14(16)20)3-5-15(21)13-10-18-19(11-17(13)24-2)26(22)8-7-25-18/h3-6,9-11H,7-8H2,1-2H3. The van der Waals surface area contributed by atoms with Crippen LogP contribution in [0.15, 0.2) is 41.3 Å². The molecule has 1 aliphatic heterocycles. The van der Waals surface area contributed by atoms with Gasteiger partial charge in [0.2, 0.25) is 0 Å². The number of halogens is 1. The van der Waals surface area contributed by atoms with Crippen LogP contribution in [-0.2, 0) is 10.8 Å². The molecular weight excluding hydrogens is 359 g/mol. The first-order valence-electron chi connectivity index (χ1n) is 7.82. The molecular formula is C19H17FO5S. The van der Waals surface area contributed by atoms with Crippen molar-refractivity contribution in [3.63, 3.8) is 0 Å². The fourth-order valence-electron chi connectivity index (χ4n) is 2.58. The number of methoxy groups -OCH3 is 2. The van der Waals surface area contributed by atoms with E-state index in [2.05, 4.69) is 0 Å². The molecule has 3 rings (SSSR count). The highest BCUT2D eigenvalue weighted by atomic mass is 32.2. The van der Waals surface area contributed by atoms with Crippen LogP contribution in [0.5, 0.6) is 17.2 Å². The van der Waals surface area contributed by atoms with Crippen LogP contribution in [0.3, 0.4) is 0 Å². The first-order chi connectivity index (χ1) is 12.5. The summed E-state index contributed by atoms with van der Waals surface area (Å²) in [5, 5.41) is 0. The molecule has 7 heteroatoms. The molecule has 1 aliphatic rings. The third-order valence-electron chi connectivity index (χ3n) is 3.91. The average Bonchev–Trinajstić information content (AvgIpc) is 2.65. The molecule has 1 atom stereocenters. The molecule has 0 aliphatic carbocycles. The third kappa shape index (κ3) is 3.62. The van der Waals surface area contributed by atoms with Gasteiger partial charge in [-0.2, -0.15) is 0 Å². The van der Waals surface area contributed by atoms with Crippen LogP contribution in [-0.4, -0.2) is 36.6 Å². The zero-order chi connectivity index (χ0) is 18.7. The van der Waals surface area contributed by atoms with E-state index in [1.807, 2.05) is 0 Å². The Labute approximate surface area is 152 Å². The Bertz CT molecular complexity index is 907. The van der Waals surface area contributed by atoms with Gasteiger partial charge in [-0.05, 0) is 29.8 Å². The maximum atomic E-state index is 13.7. The lowest BCUT2D eigenvalue weighted by Crippen LogP contribution is -2.17. The van der Waals surface area contributed by atoms with Gasteiger partial charge in [0.15, 0.2) is 17.3 Å². The Morgan fingerprint density at radius 1 is 1.19 bits per heavy atom. The number of benzene rings is 2. The van der Waals surface area contributed by atoms with Gasteiger partial charge < -0.3 is 14.2 Å². The maximum Gasteiger partial charge on any atom is 0.189 e. The van der Waals surface area contributed by atoms with Crippen LogP contribution >= 0.6 is 0 Å². The van der Waals surface area contributed by atoms with E-state index < -0.39 is 16.6 Å². The molecule has 1 unspecified atom stereocenters. The van der Waals surface area contributed by atoms with Crippen molar-refractivity contribution in [1.29, 1.82) is 0 Å². The molecule has 0 radical (unpaired) electrons. The number of ether oxygens (including phenoxy) is 3. The van der Waals surface area contributed by atoms with Crippen LogP contribution in [0.1, 0.15) is 15.9 Å². The minimum atomic E-state index is -1.18. The molecule has 0 aromatic heterocycles. The molecule has 2 aromatic carbocycles. The second-order valence-corrected chi connectivity index (χ2v) is 7.03. The van der Waals surface area contributed by atoms with E-state index in [1.165, 1.54) is 44.6 Å². The normalized spacial score (nSPS) is 16.0. The van der Waals surface area contributed by atoms with Crippen molar-refractivity contribution in [2.75, 3.05) is 26.6 Å². The molecule has 0 saturated carbocycles.